The minimum Gasteiger partial charge on any atom is -0.383 e. The van der Waals surface area contributed by atoms with Crippen molar-refractivity contribution < 1.29 is 4.79 Å². The molecule has 43 heavy (non-hydrogen) atoms. The molecule has 2 aromatic carbocycles. The van der Waals surface area contributed by atoms with Crippen molar-refractivity contribution in [1.29, 1.82) is 0 Å². The number of nitrogens with two attached hydrogens (primary N) is 1. The molecule has 0 atom stereocenters. The zero-order chi connectivity index (χ0) is 29.2. The Bertz CT molecular complexity index is 2090. The summed E-state index contributed by atoms with van der Waals surface area (Å²) in [5.74, 6) is 3.24. The van der Waals surface area contributed by atoms with Gasteiger partial charge >= 0.3 is 0 Å². The van der Waals surface area contributed by atoms with E-state index in [0.717, 1.165) is 70.9 Å². The van der Waals surface area contributed by atoms with E-state index in [1.165, 1.54) is 6.33 Å². The third kappa shape index (κ3) is 3.76. The van der Waals surface area contributed by atoms with Gasteiger partial charge < -0.3 is 15.6 Å². The summed E-state index contributed by atoms with van der Waals surface area (Å²) in [6.45, 7) is 0. The highest BCUT2D eigenvalue weighted by atomic mass is 16.2. The summed E-state index contributed by atoms with van der Waals surface area (Å²) >= 11 is 0. The SMILES string of the molecule is C#Cc1c(-c2cnc3ccccc3c2)c2c(N)ncnc2n1C12CCC(NC(=O)c3ccnn3-c3ccccc3)(CC1)C2. The molecule has 0 aliphatic heterocycles. The molecule has 0 radical (unpaired) electrons. The van der Waals surface area contributed by atoms with Crippen LogP contribution in [0.25, 0.3) is 38.8 Å². The number of nitrogens with zero attached hydrogens (tertiary/aromatic N) is 6. The van der Waals surface area contributed by atoms with Crippen molar-refractivity contribution in [2.75, 3.05) is 5.73 Å². The molecule has 2 saturated carbocycles. The van der Waals surface area contributed by atoms with Crippen molar-refractivity contribution in [1.82, 2.24) is 34.6 Å². The number of pyridine rings is 1. The van der Waals surface area contributed by atoms with Gasteiger partial charge in [0.15, 0.2) is 0 Å². The molecule has 2 aliphatic rings. The van der Waals surface area contributed by atoms with Gasteiger partial charge in [0.25, 0.3) is 5.91 Å². The summed E-state index contributed by atoms with van der Waals surface area (Å²) in [5.41, 5.74) is 11.2. The number of benzene rings is 2. The Morgan fingerprint density at radius 1 is 0.977 bits per heavy atom. The van der Waals surface area contributed by atoms with Gasteiger partial charge in [0, 0.05) is 33.8 Å². The Hall–Kier alpha value is -5.49. The fourth-order valence-electron chi connectivity index (χ4n) is 7.43. The van der Waals surface area contributed by atoms with Crippen molar-refractivity contribution in [3.8, 4) is 29.2 Å². The van der Waals surface area contributed by atoms with Gasteiger partial charge in [-0.2, -0.15) is 5.10 Å². The van der Waals surface area contributed by atoms with Gasteiger partial charge in [-0.1, -0.05) is 42.3 Å². The first-order valence-corrected chi connectivity index (χ1v) is 14.4. The van der Waals surface area contributed by atoms with Crippen LogP contribution in [0.3, 0.4) is 0 Å². The average Bonchev–Trinajstić information content (AvgIpc) is 3.82. The fraction of sp³-hybridized carbons (Fsp3) is 0.206. The monoisotopic (exact) mass is 564 g/mol. The molecule has 4 heterocycles. The average molecular weight is 565 g/mol. The lowest BCUT2D eigenvalue weighted by Crippen LogP contribution is -2.45. The van der Waals surface area contributed by atoms with Gasteiger partial charge in [0.05, 0.1) is 22.8 Å². The molecule has 6 aromatic rings. The maximum Gasteiger partial charge on any atom is 0.270 e. The molecule has 4 aromatic heterocycles. The Balaban J connectivity index is 1.20. The van der Waals surface area contributed by atoms with Crippen LogP contribution in [-0.4, -0.2) is 40.7 Å². The number of anilines is 1. The van der Waals surface area contributed by atoms with Crippen molar-refractivity contribution >= 4 is 33.7 Å². The predicted octanol–water partition coefficient (Wildman–Crippen LogP) is 5.24. The number of hydrogen-bond donors (Lipinski definition) is 2. The summed E-state index contributed by atoms with van der Waals surface area (Å²) in [6, 6.07) is 21.5. The summed E-state index contributed by atoms with van der Waals surface area (Å²) in [4.78, 5) is 27.5. The second-order valence-corrected chi connectivity index (χ2v) is 11.7. The van der Waals surface area contributed by atoms with E-state index in [0.29, 0.717) is 17.2 Å². The molecule has 0 saturated heterocycles. The quantitative estimate of drug-likeness (QED) is 0.277. The first-order chi connectivity index (χ1) is 21.0. The lowest BCUT2D eigenvalue weighted by molar-refractivity contribution is 0.0893. The first kappa shape index (κ1) is 25.2. The van der Waals surface area contributed by atoms with E-state index in [9.17, 15) is 4.79 Å². The normalized spacial score (nSPS) is 20.9. The molecule has 210 valence electrons. The standard InChI is InChI=1S/C34H28N8O/c1-2-26-28(23-18-22-8-6-7-11-25(22)36-19-23)29-30(35)37-21-38-31(29)41(26)34-15-13-33(20-34,14-16-34)40-32(43)27-12-17-39-42(27)24-9-4-3-5-10-24/h1,3-12,17-19,21H,13-16,20H2,(H,40,43)(H2,35,37,38). The van der Waals surface area contributed by atoms with E-state index in [4.69, 9.17) is 22.1 Å². The predicted molar refractivity (Wildman–Crippen MR) is 165 cm³/mol. The highest BCUT2D eigenvalue weighted by Crippen LogP contribution is 2.57. The maximum absolute atomic E-state index is 13.7. The number of carbonyl (C=O) groups excluding carboxylic acids is 1. The van der Waals surface area contributed by atoms with Gasteiger partial charge in [-0.3, -0.25) is 9.78 Å². The molecular weight excluding hydrogens is 536 g/mol. The number of para-hydroxylation sites is 2. The van der Waals surface area contributed by atoms with E-state index in [-0.39, 0.29) is 17.0 Å². The van der Waals surface area contributed by atoms with Crippen LogP contribution in [0.2, 0.25) is 0 Å². The molecule has 0 spiro atoms. The Labute approximate surface area is 247 Å². The molecule has 2 fully saturated rings. The van der Waals surface area contributed by atoms with E-state index in [1.807, 2.05) is 60.8 Å². The van der Waals surface area contributed by atoms with Gasteiger partial charge in [-0.05, 0) is 62.4 Å². The van der Waals surface area contributed by atoms with Gasteiger partial charge in [-0.15, -0.1) is 6.42 Å². The minimum atomic E-state index is -0.366. The first-order valence-electron chi connectivity index (χ1n) is 14.4. The molecular formula is C34H28N8O. The minimum absolute atomic E-state index is 0.136. The number of hydrogen-bond acceptors (Lipinski definition) is 6. The summed E-state index contributed by atoms with van der Waals surface area (Å²) in [5, 5.41) is 9.58. The second-order valence-electron chi connectivity index (χ2n) is 11.7. The summed E-state index contributed by atoms with van der Waals surface area (Å²) < 4.78 is 3.89. The number of nitrogen functional groups attached to an aromatic ring is 1. The third-order valence-electron chi connectivity index (χ3n) is 9.33. The van der Waals surface area contributed by atoms with Crippen molar-refractivity contribution in [3.63, 3.8) is 0 Å². The lowest BCUT2D eigenvalue weighted by Gasteiger charge is -2.30. The molecule has 2 aliphatic carbocycles. The smallest absolute Gasteiger partial charge is 0.270 e. The van der Waals surface area contributed by atoms with Gasteiger partial charge in [0.2, 0.25) is 0 Å². The van der Waals surface area contributed by atoms with Crippen molar-refractivity contribution in [3.05, 3.63) is 96.8 Å². The fourth-order valence-corrected chi connectivity index (χ4v) is 7.43. The molecule has 1 amide bonds. The molecule has 0 unspecified atom stereocenters. The number of amides is 1. The largest absolute Gasteiger partial charge is 0.383 e. The van der Waals surface area contributed by atoms with Crippen LogP contribution in [0, 0.1) is 12.3 Å². The van der Waals surface area contributed by atoms with E-state index in [2.05, 4.69) is 32.0 Å². The number of carbonyl (C=O) groups is 1. The number of terminal acetylenes is 1. The van der Waals surface area contributed by atoms with Crippen LogP contribution in [0.5, 0.6) is 0 Å². The number of fused-ring (bicyclic) bond motifs is 4. The zero-order valence-corrected chi connectivity index (χ0v) is 23.4. The van der Waals surface area contributed by atoms with E-state index < -0.39 is 0 Å². The van der Waals surface area contributed by atoms with E-state index >= 15 is 0 Å². The third-order valence-corrected chi connectivity index (χ3v) is 9.33. The van der Waals surface area contributed by atoms with Crippen LogP contribution in [0.4, 0.5) is 5.82 Å². The van der Waals surface area contributed by atoms with Crippen LogP contribution in [-0.2, 0) is 5.54 Å². The molecule has 9 heteroatoms. The highest BCUT2D eigenvalue weighted by Gasteiger charge is 2.57. The van der Waals surface area contributed by atoms with E-state index in [1.54, 1.807) is 16.9 Å². The Kier molecular flexibility index (Phi) is 5.43. The second kappa shape index (κ2) is 9.26. The van der Waals surface area contributed by atoms with Crippen LogP contribution < -0.4 is 11.1 Å². The molecule has 3 N–H and O–H groups in total. The Morgan fingerprint density at radius 2 is 1.77 bits per heavy atom. The Morgan fingerprint density at radius 3 is 2.58 bits per heavy atom. The summed E-state index contributed by atoms with van der Waals surface area (Å²) in [7, 11) is 0. The summed E-state index contributed by atoms with van der Waals surface area (Å²) in [6.07, 6.45) is 15.4. The zero-order valence-electron chi connectivity index (χ0n) is 23.4. The molecule has 9 nitrogen and oxygen atoms in total. The topological polar surface area (TPSA) is 117 Å². The number of rotatable bonds is 5. The van der Waals surface area contributed by atoms with Gasteiger partial charge in [-0.25, -0.2) is 14.6 Å². The van der Waals surface area contributed by atoms with Crippen molar-refractivity contribution in [2.45, 2.75) is 43.2 Å². The number of nitrogens with one attached hydrogen (secondary N) is 1. The molecule has 2 bridgehead atoms. The van der Waals surface area contributed by atoms with Crippen LogP contribution >= 0.6 is 0 Å². The van der Waals surface area contributed by atoms with Crippen LogP contribution in [0.15, 0.2) is 85.5 Å². The maximum atomic E-state index is 13.7. The molecule has 8 rings (SSSR count). The highest BCUT2D eigenvalue weighted by molar-refractivity contribution is 6.04. The van der Waals surface area contributed by atoms with Crippen LogP contribution in [0.1, 0.15) is 48.3 Å². The van der Waals surface area contributed by atoms with Gasteiger partial charge in [0.1, 0.15) is 29.2 Å². The van der Waals surface area contributed by atoms with Crippen molar-refractivity contribution in [2.24, 2.45) is 0 Å². The lowest BCUT2D eigenvalue weighted by atomic mass is 9.90. The number of aromatic nitrogens is 6.